The highest BCUT2D eigenvalue weighted by molar-refractivity contribution is 9.10. The van der Waals surface area contributed by atoms with Crippen LogP contribution < -0.4 is 4.72 Å². The van der Waals surface area contributed by atoms with Gasteiger partial charge in [-0.1, -0.05) is 18.2 Å². The number of para-hydroxylation sites is 1. The Hall–Kier alpha value is -1.47. The molecule has 0 saturated carbocycles. The maximum absolute atomic E-state index is 13.5. The van der Waals surface area contributed by atoms with E-state index in [1.165, 1.54) is 24.3 Å². The second-order valence-electron chi connectivity index (χ2n) is 3.63. The van der Waals surface area contributed by atoms with E-state index in [2.05, 4.69) is 15.9 Å². The first-order valence-corrected chi connectivity index (χ1v) is 7.41. The van der Waals surface area contributed by atoms with Gasteiger partial charge in [-0.15, -0.1) is 0 Å². The molecule has 0 aliphatic carbocycles. The fourth-order valence-electron chi connectivity index (χ4n) is 1.45. The summed E-state index contributed by atoms with van der Waals surface area (Å²) < 4.78 is 53.2. The van der Waals surface area contributed by atoms with E-state index < -0.39 is 26.6 Å². The fourth-order valence-corrected chi connectivity index (χ4v) is 3.19. The van der Waals surface area contributed by atoms with Gasteiger partial charge in [-0.25, -0.2) is 17.2 Å². The Kier molecular flexibility index (Phi) is 3.86. The summed E-state index contributed by atoms with van der Waals surface area (Å²) in [6.45, 7) is 0. The van der Waals surface area contributed by atoms with Gasteiger partial charge in [0.05, 0.1) is 5.69 Å². The third-order valence-corrected chi connectivity index (χ3v) is 4.37. The molecule has 1 N–H and O–H groups in total. The van der Waals surface area contributed by atoms with E-state index in [4.69, 9.17) is 0 Å². The predicted octanol–water partition coefficient (Wildman–Crippen LogP) is 3.53. The molecule has 0 aliphatic rings. The van der Waals surface area contributed by atoms with E-state index in [1.807, 2.05) is 4.72 Å². The Labute approximate surface area is 117 Å². The molecule has 100 valence electrons. The standard InChI is InChI=1S/C12H8BrF2NO2S/c13-8-4-3-6-10(15)12(8)16-19(17,18)11-7-2-1-5-9(11)14/h1-7,16H. The lowest BCUT2D eigenvalue weighted by atomic mass is 10.3. The molecule has 0 unspecified atom stereocenters. The Morgan fingerprint density at radius 2 is 1.58 bits per heavy atom. The molecule has 0 heterocycles. The molecule has 0 aliphatic heterocycles. The number of hydrogen-bond acceptors (Lipinski definition) is 2. The van der Waals surface area contributed by atoms with Gasteiger partial charge in [0.25, 0.3) is 10.0 Å². The highest BCUT2D eigenvalue weighted by atomic mass is 79.9. The highest BCUT2D eigenvalue weighted by Gasteiger charge is 2.21. The molecule has 0 atom stereocenters. The van der Waals surface area contributed by atoms with Crippen LogP contribution in [-0.2, 0) is 10.0 Å². The van der Waals surface area contributed by atoms with Gasteiger partial charge in [0.1, 0.15) is 16.5 Å². The van der Waals surface area contributed by atoms with Crippen LogP contribution in [0.3, 0.4) is 0 Å². The monoisotopic (exact) mass is 347 g/mol. The number of halogens is 3. The van der Waals surface area contributed by atoms with Crippen LogP contribution in [0.5, 0.6) is 0 Å². The van der Waals surface area contributed by atoms with Gasteiger partial charge in [0, 0.05) is 4.47 Å². The number of nitrogens with one attached hydrogen (secondary N) is 1. The minimum absolute atomic E-state index is 0.229. The van der Waals surface area contributed by atoms with Crippen molar-refractivity contribution in [2.24, 2.45) is 0 Å². The van der Waals surface area contributed by atoms with E-state index in [1.54, 1.807) is 0 Å². The largest absolute Gasteiger partial charge is 0.275 e. The van der Waals surface area contributed by atoms with Gasteiger partial charge >= 0.3 is 0 Å². The Bertz CT molecular complexity index is 699. The number of hydrogen-bond donors (Lipinski definition) is 1. The van der Waals surface area contributed by atoms with Crippen molar-refractivity contribution < 1.29 is 17.2 Å². The van der Waals surface area contributed by atoms with Gasteiger partial charge in [-0.05, 0) is 40.2 Å². The third kappa shape index (κ3) is 2.93. The maximum Gasteiger partial charge on any atom is 0.264 e. The first-order chi connectivity index (χ1) is 8.92. The zero-order valence-corrected chi connectivity index (χ0v) is 11.8. The van der Waals surface area contributed by atoms with E-state index in [0.29, 0.717) is 0 Å². The summed E-state index contributed by atoms with van der Waals surface area (Å²) in [7, 11) is -4.18. The zero-order chi connectivity index (χ0) is 14.0. The average Bonchev–Trinajstić information content (AvgIpc) is 2.34. The van der Waals surface area contributed by atoms with Gasteiger partial charge < -0.3 is 0 Å². The van der Waals surface area contributed by atoms with Crippen LogP contribution >= 0.6 is 15.9 Å². The topological polar surface area (TPSA) is 46.2 Å². The molecule has 7 heteroatoms. The summed E-state index contributed by atoms with van der Waals surface area (Å²) in [5.41, 5.74) is -0.259. The van der Waals surface area contributed by atoms with Crippen LogP contribution in [0.2, 0.25) is 0 Å². The summed E-state index contributed by atoms with van der Waals surface area (Å²) in [5.74, 6) is -1.66. The summed E-state index contributed by atoms with van der Waals surface area (Å²) in [6.07, 6.45) is 0. The van der Waals surface area contributed by atoms with Gasteiger partial charge in [-0.2, -0.15) is 0 Å². The van der Waals surface area contributed by atoms with Crippen LogP contribution in [0.4, 0.5) is 14.5 Å². The molecule has 0 radical (unpaired) electrons. The SMILES string of the molecule is O=S(=O)(Nc1c(F)cccc1Br)c1ccccc1F. The average molecular weight is 348 g/mol. The van der Waals surface area contributed by atoms with Crippen molar-refractivity contribution in [2.45, 2.75) is 4.90 Å². The smallest absolute Gasteiger partial charge is 0.264 e. The van der Waals surface area contributed by atoms with Crippen LogP contribution in [0, 0.1) is 11.6 Å². The lowest BCUT2D eigenvalue weighted by molar-refractivity contribution is 0.569. The predicted molar refractivity (Wildman–Crippen MR) is 71.3 cm³/mol. The van der Waals surface area contributed by atoms with E-state index in [-0.39, 0.29) is 10.2 Å². The molecule has 0 saturated heterocycles. The molecule has 2 aromatic rings. The molecular formula is C12H8BrF2NO2S. The van der Waals surface area contributed by atoms with Gasteiger partial charge in [0.2, 0.25) is 0 Å². The van der Waals surface area contributed by atoms with E-state index in [9.17, 15) is 17.2 Å². The van der Waals surface area contributed by atoms with Crippen molar-refractivity contribution >= 4 is 31.6 Å². The number of rotatable bonds is 3. The third-order valence-electron chi connectivity index (χ3n) is 2.33. The fraction of sp³-hybridized carbons (Fsp3) is 0. The van der Waals surface area contributed by atoms with Gasteiger partial charge in [-0.3, -0.25) is 4.72 Å². The molecule has 0 spiro atoms. The first kappa shape index (κ1) is 14.0. The van der Waals surface area contributed by atoms with Crippen LogP contribution in [0.25, 0.3) is 0 Å². The second-order valence-corrected chi connectivity index (χ2v) is 6.14. The summed E-state index contributed by atoms with van der Waals surface area (Å²) in [4.78, 5) is -0.537. The minimum atomic E-state index is -4.18. The molecule has 2 rings (SSSR count). The maximum atomic E-state index is 13.5. The van der Waals surface area contributed by atoms with Crippen molar-refractivity contribution in [1.82, 2.24) is 0 Å². The minimum Gasteiger partial charge on any atom is -0.275 e. The Morgan fingerprint density at radius 1 is 0.947 bits per heavy atom. The van der Waals surface area contributed by atoms with E-state index >= 15 is 0 Å². The molecule has 0 fully saturated rings. The van der Waals surface area contributed by atoms with Crippen LogP contribution in [0.15, 0.2) is 51.8 Å². The Morgan fingerprint density at radius 3 is 2.21 bits per heavy atom. The second kappa shape index (κ2) is 5.26. The normalized spacial score (nSPS) is 11.3. The quantitative estimate of drug-likeness (QED) is 0.923. The molecule has 0 bridgehead atoms. The lowest BCUT2D eigenvalue weighted by Crippen LogP contribution is -2.15. The number of benzene rings is 2. The zero-order valence-electron chi connectivity index (χ0n) is 9.40. The van der Waals surface area contributed by atoms with Crippen molar-refractivity contribution in [3.8, 4) is 0 Å². The van der Waals surface area contributed by atoms with Gasteiger partial charge in [0.15, 0.2) is 0 Å². The molecule has 19 heavy (non-hydrogen) atoms. The summed E-state index contributed by atoms with van der Waals surface area (Å²) in [6, 6.07) is 8.87. The van der Waals surface area contributed by atoms with E-state index in [0.717, 1.165) is 18.2 Å². The summed E-state index contributed by atoms with van der Waals surface area (Å²) in [5, 5.41) is 0. The molecule has 3 nitrogen and oxygen atoms in total. The molecular weight excluding hydrogens is 340 g/mol. The molecule has 0 aromatic heterocycles. The van der Waals surface area contributed by atoms with Crippen molar-refractivity contribution in [3.05, 3.63) is 58.6 Å². The van der Waals surface area contributed by atoms with Crippen molar-refractivity contribution in [2.75, 3.05) is 4.72 Å². The Balaban J connectivity index is 2.46. The number of sulfonamides is 1. The van der Waals surface area contributed by atoms with Crippen LogP contribution in [0.1, 0.15) is 0 Å². The number of anilines is 1. The molecule has 2 aromatic carbocycles. The summed E-state index contributed by atoms with van der Waals surface area (Å²) >= 11 is 3.03. The lowest BCUT2D eigenvalue weighted by Gasteiger charge is -2.11. The first-order valence-electron chi connectivity index (χ1n) is 5.13. The van der Waals surface area contributed by atoms with Crippen molar-refractivity contribution in [1.29, 1.82) is 0 Å². The molecule has 0 amide bonds. The van der Waals surface area contributed by atoms with Crippen LogP contribution in [-0.4, -0.2) is 8.42 Å². The van der Waals surface area contributed by atoms with Crippen molar-refractivity contribution in [3.63, 3.8) is 0 Å². The highest BCUT2D eigenvalue weighted by Crippen LogP contribution is 2.28.